The average Bonchev–Trinajstić information content (AvgIpc) is 2.46. The van der Waals surface area contributed by atoms with E-state index in [4.69, 9.17) is 11.2 Å². The lowest BCUT2D eigenvalue weighted by molar-refractivity contribution is 0.366. The van der Waals surface area contributed by atoms with Gasteiger partial charge in [-0.05, 0) is 42.5 Å². The number of rotatable bonds is 5. The number of halogens is 2. The SMILES string of the molecule is C#CCOc1ccc(Br)cc1CNc1ccc(F)cc1. The molecule has 0 radical (unpaired) electrons. The molecule has 0 bridgehead atoms. The molecule has 0 aromatic heterocycles. The fourth-order valence-electron chi connectivity index (χ4n) is 1.71. The Hall–Kier alpha value is -1.99. The van der Waals surface area contributed by atoms with Crippen LogP contribution in [0, 0.1) is 18.2 Å². The molecule has 0 atom stereocenters. The average molecular weight is 334 g/mol. The van der Waals surface area contributed by atoms with Crippen molar-refractivity contribution in [1.82, 2.24) is 0 Å². The normalized spacial score (nSPS) is 9.85. The summed E-state index contributed by atoms with van der Waals surface area (Å²) in [5.41, 5.74) is 1.81. The second kappa shape index (κ2) is 6.97. The van der Waals surface area contributed by atoms with E-state index in [9.17, 15) is 4.39 Å². The van der Waals surface area contributed by atoms with E-state index in [1.807, 2.05) is 18.2 Å². The number of anilines is 1. The Morgan fingerprint density at radius 2 is 1.95 bits per heavy atom. The molecule has 2 rings (SSSR count). The van der Waals surface area contributed by atoms with Gasteiger partial charge in [-0.2, -0.15) is 0 Å². The Morgan fingerprint density at radius 3 is 2.65 bits per heavy atom. The van der Waals surface area contributed by atoms with Gasteiger partial charge < -0.3 is 10.1 Å². The predicted octanol–water partition coefficient (Wildman–Crippen LogP) is 4.21. The van der Waals surface area contributed by atoms with E-state index in [-0.39, 0.29) is 12.4 Å². The lowest BCUT2D eigenvalue weighted by Crippen LogP contribution is -2.03. The molecule has 2 nitrogen and oxygen atoms in total. The van der Waals surface area contributed by atoms with Gasteiger partial charge in [0.05, 0.1) is 0 Å². The van der Waals surface area contributed by atoms with Crippen molar-refractivity contribution in [3.05, 3.63) is 58.3 Å². The van der Waals surface area contributed by atoms with Crippen LogP contribution in [0.25, 0.3) is 0 Å². The first-order valence-electron chi connectivity index (χ1n) is 6.03. The van der Waals surface area contributed by atoms with E-state index in [0.717, 1.165) is 21.5 Å². The first kappa shape index (κ1) is 14.4. The number of hydrogen-bond acceptors (Lipinski definition) is 2. The van der Waals surface area contributed by atoms with Crippen LogP contribution in [0.15, 0.2) is 46.9 Å². The zero-order valence-electron chi connectivity index (χ0n) is 10.7. The highest BCUT2D eigenvalue weighted by molar-refractivity contribution is 9.10. The Morgan fingerprint density at radius 1 is 1.20 bits per heavy atom. The van der Waals surface area contributed by atoms with Gasteiger partial charge in [0.15, 0.2) is 0 Å². The molecule has 102 valence electrons. The van der Waals surface area contributed by atoms with Gasteiger partial charge >= 0.3 is 0 Å². The van der Waals surface area contributed by atoms with E-state index in [1.54, 1.807) is 12.1 Å². The maximum absolute atomic E-state index is 12.8. The van der Waals surface area contributed by atoms with Crippen LogP contribution < -0.4 is 10.1 Å². The van der Waals surface area contributed by atoms with Crippen molar-refractivity contribution in [2.75, 3.05) is 11.9 Å². The first-order valence-corrected chi connectivity index (χ1v) is 6.82. The van der Waals surface area contributed by atoms with Crippen LogP contribution in [0.1, 0.15) is 5.56 Å². The van der Waals surface area contributed by atoms with Crippen molar-refractivity contribution in [3.8, 4) is 18.1 Å². The lowest BCUT2D eigenvalue weighted by atomic mass is 10.2. The number of nitrogens with one attached hydrogen (secondary N) is 1. The van der Waals surface area contributed by atoms with Gasteiger partial charge in [0.1, 0.15) is 18.2 Å². The van der Waals surface area contributed by atoms with Gasteiger partial charge in [-0.1, -0.05) is 21.9 Å². The highest BCUT2D eigenvalue weighted by atomic mass is 79.9. The molecule has 0 saturated heterocycles. The second-order valence-corrected chi connectivity index (χ2v) is 5.02. The molecule has 0 aliphatic heterocycles. The number of ether oxygens (including phenoxy) is 1. The van der Waals surface area contributed by atoms with E-state index >= 15 is 0 Å². The summed E-state index contributed by atoms with van der Waals surface area (Å²) in [6.45, 7) is 0.788. The standard InChI is InChI=1S/C16H13BrFNO/c1-2-9-20-16-8-3-13(17)10-12(16)11-19-15-6-4-14(18)5-7-15/h1,3-8,10,19H,9,11H2. The van der Waals surface area contributed by atoms with Crippen molar-refractivity contribution in [1.29, 1.82) is 0 Å². The molecule has 2 aromatic carbocycles. The minimum absolute atomic E-state index is 0.227. The molecular formula is C16H13BrFNO. The monoisotopic (exact) mass is 333 g/mol. The van der Waals surface area contributed by atoms with E-state index in [1.165, 1.54) is 12.1 Å². The van der Waals surface area contributed by atoms with E-state index < -0.39 is 0 Å². The van der Waals surface area contributed by atoms with Gasteiger partial charge in [0.2, 0.25) is 0 Å². The summed E-state index contributed by atoms with van der Waals surface area (Å²) in [6.07, 6.45) is 5.20. The third kappa shape index (κ3) is 4.01. The van der Waals surface area contributed by atoms with Gasteiger partial charge in [-0.3, -0.25) is 0 Å². The lowest BCUT2D eigenvalue weighted by Gasteiger charge is -2.12. The highest BCUT2D eigenvalue weighted by Crippen LogP contribution is 2.24. The summed E-state index contributed by atoms with van der Waals surface area (Å²) in [5.74, 6) is 2.93. The van der Waals surface area contributed by atoms with Crippen molar-refractivity contribution in [2.45, 2.75) is 6.54 Å². The van der Waals surface area contributed by atoms with E-state index in [0.29, 0.717) is 6.54 Å². The highest BCUT2D eigenvalue weighted by Gasteiger charge is 2.04. The van der Waals surface area contributed by atoms with Gasteiger partial charge in [-0.15, -0.1) is 6.42 Å². The summed E-state index contributed by atoms with van der Waals surface area (Å²) in [6, 6.07) is 11.9. The molecule has 0 saturated carbocycles. The molecule has 2 aromatic rings. The molecule has 0 spiro atoms. The van der Waals surface area contributed by atoms with Crippen LogP contribution in [0.4, 0.5) is 10.1 Å². The molecule has 0 heterocycles. The second-order valence-electron chi connectivity index (χ2n) is 4.11. The van der Waals surface area contributed by atoms with Crippen molar-refractivity contribution in [3.63, 3.8) is 0 Å². The Balaban J connectivity index is 2.09. The minimum atomic E-state index is -0.254. The van der Waals surface area contributed by atoms with Crippen molar-refractivity contribution >= 4 is 21.6 Å². The minimum Gasteiger partial charge on any atom is -0.481 e. The third-order valence-electron chi connectivity index (χ3n) is 2.66. The van der Waals surface area contributed by atoms with Crippen molar-refractivity contribution < 1.29 is 9.13 Å². The Kier molecular flexibility index (Phi) is 5.03. The zero-order valence-corrected chi connectivity index (χ0v) is 12.3. The number of terminal acetylenes is 1. The van der Waals surface area contributed by atoms with Gasteiger partial charge in [0, 0.05) is 22.3 Å². The zero-order chi connectivity index (χ0) is 14.4. The smallest absolute Gasteiger partial charge is 0.148 e. The molecule has 0 unspecified atom stereocenters. The van der Waals surface area contributed by atoms with Crippen LogP contribution >= 0.6 is 15.9 Å². The molecule has 0 aliphatic carbocycles. The molecule has 1 N–H and O–H groups in total. The molecule has 0 fully saturated rings. The van der Waals surface area contributed by atoms with Crippen LogP contribution in [0.3, 0.4) is 0 Å². The fourth-order valence-corrected chi connectivity index (χ4v) is 2.12. The fraction of sp³-hybridized carbons (Fsp3) is 0.125. The first-order chi connectivity index (χ1) is 9.69. The van der Waals surface area contributed by atoms with Crippen LogP contribution in [-0.2, 0) is 6.54 Å². The number of benzene rings is 2. The summed E-state index contributed by atoms with van der Waals surface area (Å²) in [7, 11) is 0. The summed E-state index contributed by atoms with van der Waals surface area (Å²) in [4.78, 5) is 0. The summed E-state index contributed by atoms with van der Waals surface area (Å²) < 4.78 is 19.3. The summed E-state index contributed by atoms with van der Waals surface area (Å²) in [5, 5.41) is 3.21. The quantitative estimate of drug-likeness (QED) is 0.827. The topological polar surface area (TPSA) is 21.3 Å². The Bertz CT molecular complexity index is 619. The van der Waals surface area contributed by atoms with Gasteiger partial charge in [-0.25, -0.2) is 4.39 Å². The van der Waals surface area contributed by atoms with Crippen LogP contribution in [0.5, 0.6) is 5.75 Å². The predicted molar refractivity (Wildman–Crippen MR) is 82.2 cm³/mol. The maximum Gasteiger partial charge on any atom is 0.148 e. The maximum atomic E-state index is 12.8. The van der Waals surface area contributed by atoms with E-state index in [2.05, 4.69) is 27.2 Å². The Labute approximate surface area is 126 Å². The molecule has 0 aliphatic rings. The van der Waals surface area contributed by atoms with Crippen LogP contribution in [-0.4, -0.2) is 6.61 Å². The molecule has 4 heteroatoms. The molecular weight excluding hydrogens is 321 g/mol. The molecule has 20 heavy (non-hydrogen) atoms. The number of hydrogen-bond donors (Lipinski definition) is 1. The van der Waals surface area contributed by atoms with Crippen LogP contribution in [0.2, 0.25) is 0 Å². The summed E-state index contributed by atoms with van der Waals surface area (Å²) >= 11 is 3.43. The largest absolute Gasteiger partial charge is 0.481 e. The third-order valence-corrected chi connectivity index (χ3v) is 3.15. The van der Waals surface area contributed by atoms with Crippen molar-refractivity contribution in [2.24, 2.45) is 0 Å². The van der Waals surface area contributed by atoms with Gasteiger partial charge in [0.25, 0.3) is 0 Å². The molecule has 0 amide bonds.